The third-order valence-electron chi connectivity index (χ3n) is 3.37. The fourth-order valence-corrected chi connectivity index (χ4v) is 2.33. The van der Waals surface area contributed by atoms with Crippen molar-refractivity contribution in [2.24, 2.45) is 0 Å². The molecule has 0 bridgehead atoms. The van der Waals surface area contributed by atoms with Crippen LogP contribution in [0.4, 0.5) is 4.79 Å². The van der Waals surface area contributed by atoms with E-state index in [0.717, 1.165) is 22.2 Å². The first-order chi connectivity index (χ1) is 10.1. The zero-order chi connectivity index (χ0) is 14.8. The molecular weight excluding hydrogens is 264 g/mol. The Hall–Kier alpha value is -2.62. The van der Waals surface area contributed by atoms with Gasteiger partial charge in [0.25, 0.3) is 0 Å². The van der Waals surface area contributed by atoms with Crippen LogP contribution in [-0.4, -0.2) is 15.6 Å². The Morgan fingerprint density at radius 3 is 2.67 bits per heavy atom. The molecule has 0 fully saturated rings. The van der Waals surface area contributed by atoms with Crippen LogP contribution in [0.15, 0.2) is 48.5 Å². The van der Waals surface area contributed by atoms with Crippen LogP contribution in [0.2, 0.25) is 0 Å². The van der Waals surface area contributed by atoms with E-state index in [0.29, 0.717) is 5.82 Å². The van der Waals surface area contributed by atoms with Crippen LogP contribution in [0.25, 0.3) is 11.0 Å². The Bertz CT molecular complexity index is 791. The van der Waals surface area contributed by atoms with Gasteiger partial charge in [-0.15, -0.1) is 0 Å². The molecule has 4 nitrogen and oxygen atoms in total. The lowest BCUT2D eigenvalue weighted by Crippen LogP contribution is -2.15. The molecule has 3 rings (SSSR count). The van der Waals surface area contributed by atoms with Gasteiger partial charge in [-0.05, 0) is 37.1 Å². The van der Waals surface area contributed by atoms with Crippen LogP contribution in [0.3, 0.4) is 0 Å². The Kier molecular flexibility index (Phi) is 3.44. The van der Waals surface area contributed by atoms with Gasteiger partial charge in [0, 0.05) is 0 Å². The molecule has 1 aromatic heterocycles. The van der Waals surface area contributed by atoms with Crippen LogP contribution in [-0.2, 0) is 11.3 Å². The minimum absolute atomic E-state index is 0.255. The molecule has 4 heteroatoms. The van der Waals surface area contributed by atoms with Gasteiger partial charge in [-0.3, -0.25) is 0 Å². The van der Waals surface area contributed by atoms with Crippen molar-refractivity contribution < 1.29 is 9.53 Å². The maximum Gasteiger partial charge on any atom is 0.420 e. The summed E-state index contributed by atoms with van der Waals surface area (Å²) in [5.41, 5.74) is 3.66. The molecule has 0 N–H and O–H groups in total. The summed E-state index contributed by atoms with van der Waals surface area (Å²) in [6, 6.07) is 15.4. The third-order valence-corrected chi connectivity index (χ3v) is 3.37. The van der Waals surface area contributed by atoms with Gasteiger partial charge >= 0.3 is 6.09 Å². The Labute approximate surface area is 123 Å². The second kappa shape index (κ2) is 5.40. The molecule has 0 saturated carbocycles. The van der Waals surface area contributed by atoms with Gasteiger partial charge in [0.15, 0.2) is 0 Å². The highest BCUT2D eigenvalue weighted by Crippen LogP contribution is 2.18. The van der Waals surface area contributed by atoms with E-state index in [1.165, 1.54) is 4.57 Å². The van der Waals surface area contributed by atoms with E-state index in [2.05, 4.69) is 4.98 Å². The number of ether oxygens (including phenoxy) is 1. The van der Waals surface area contributed by atoms with Gasteiger partial charge in [0.05, 0.1) is 11.0 Å². The molecular formula is C17H16N2O2. The summed E-state index contributed by atoms with van der Waals surface area (Å²) in [5, 5.41) is 0. The normalized spacial score (nSPS) is 10.8. The molecule has 3 aromatic rings. The molecule has 0 spiro atoms. The predicted molar refractivity (Wildman–Crippen MR) is 81.2 cm³/mol. The number of rotatable bonds is 2. The molecule has 0 unspecified atom stereocenters. The molecule has 1 heterocycles. The monoisotopic (exact) mass is 280 g/mol. The first-order valence-electron chi connectivity index (χ1n) is 6.82. The molecule has 0 aliphatic carbocycles. The van der Waals surface area contributed by atoms with Crippen LogP contribution >= 0.6 is 0 Å². The molecule has 21 heavy (non-hydrogen) atoms. The van der Waals surface area contributed by atoms with Gasteiger partial charge in [-0.1, -0.05) is 36.4 Å². The second-order valence-electron chi connectivity index (χ2n) is 5.03. The fourth-order valence-electron chi connectivity index (χ4n) is 2.33. The number of hydrogen-bond acceptors (Lipinski definition) is 3. The molecule has 0 radical (unpaired) electrons. The van der Waals surface area contributed by atoms with E-state index in [-0.39, 0.29) is 6.61 Å². The second-order valence-corrected chi connectivity index (χ2v) is 5.03. The Balaban J connectivity index is 1.86. The van der Waals surface area contributed by atoms with Crippen LogP contribution in [0.5, 0.6) is 0 Å². The maximum absolute atomic E-state index is 12.3. The van der Waals surface area contributed by atoms with Crippen LogP contribution in [0, 0.1) is 13.8 Å². The van der Waals surface area contributed by atoms with Crippen molar-refractivity contribution in [3.63, 3.8) is 0 Å². The van der Waals surface area contributed by atoms with E-state index >= 15 is 0 Å². The van der Waals surface area contributed by atoms with Crippen molar-refractivity contribution in [2.75, 3.05) is 0 Å². The summed E-state index contributed by atoms with van der Waals surface area (Å²) >= 11 is 0. The van der Waals surface area contributed by atoms with E-state index in [4.69, 9.17) is 4.74 Å². The Morgan fingerprint density at radius 1 is 1.14 bits per heavy atom. The van der Waals surface area contributed by atoms with Crippen molar-refractivity contribution in [1.29, 1.82) is 0 Å². The number of carbonyl (C=O) groups is 1. The highest BCUT2D eigenvalue weighted by Gasteiger charge is 2.15. The first kappa shape index (κ1) is 13.4. The predicted octanol–water partition coefficient (Wildman–Crippen LogP) is 3.84. The lowest BCUT2D eigenvalue weighted by molar-refractivity contribution is 0.141. The summed E-state index contributed by atoms with van der Waals surface area (Å²) in [4.78, 5) is 16.7. The molecule has 2 aromatic carbocycles. The number of benzene rings is 2. The van der Waals surface area contributed by atoms with Crippen LogP contribution in [0.1, 0.15) is 17.0 Å². The van der Waals surface area contributed by atoms with Crippen molar-refractivity contribution in [3.8, 4) is 0 Å². The van der Waals surface area contributed by atoms with E-state index in [9.17, 15) is 4.79 Å². The third kappa shape index (κ3) is 2.65. The van der Waals surface area contributed by atoms with Gasteiger partial charge in [-0.25, -0.2) is 14.3 Å². The van der Waals surface area contributed by atoms with Crippen molar-refractivity contribution in [2.45, 2.75) is 20.5 Å². The average Bonchev–Trinajstić information content (AvgIpc) is 2.81. The largest absolute Gasteiger partial charge is 0.444 e. The zero-order valence-corrected chi connectivity index (χ0v) is 12.0. The number of aryl methyl sites for hydroxylation is 2. The van der Waals surface area contributed by atoms with E-state index in [1.807, 2.05) is 55.5 Å². The summed E-state index contributed by atoms with van der Waals surface area (Å²) < 4.78 is 6.89. The number of carbonyl (C=O) groups excluding carboxylic acids is 1. The fraction of sp³-hybridized carbons (Fsp3) is 0.176. The lowest BCUT2D eigenvalue weighted by atomic mass is 10.2. The minimum Gasteiger partial charge on any atom is -0.444 e. The smallest absolute Gasteiger partial charge is 0.420 e. The SMILES string of the molecule is Cc1ccc2c(c1)nc(C)n2C(=O)OCc1ccccc1. The summed E-state index contributed by atoms with van der Waals surface area (Å²) in [5.74, 6) is 0.633. The number of aromatic nitrogens is 2. The maximum atomic E-state index is 12.3. The molecule has 106 valence electrons. The van der Waals surface area contributed by atoms with Gasteiger partial charge in [0.1, 0.15) is 12.4 Å². The van der Waals surface area contributed by atoms with Crippen molar-refractivity contribution in [1.82, 2.24) is 9.55 Å². The average molecular weight is 280 g/mol. The summed E-state index contributed by atoms with van der Waals surface area (Å²) in [7, 11) is 0. The topological polar surface area (TPSA) is 44.1 Å². The molecule has 0 saturated heterocycles. The summed E-state index contributed by atoms with van der Waals surface area (Å²) in [6.45, 7) is 4.06. The quantitative estimate of drug-likeness (QED) is 0.716. The minimum atomic E-state index is -0.400. The van der Waals surface area contributed by atoms with Crippen LogP contribution < -0.4 is 0 Å². The standard InChI is InChI=1S/C17H16N2O2/c1-12-8-9-16-15(10-12)18-13(2)19(16)17(20)21-11-14-6-4-3-5-7-14/h3-10H,11H2,1-2H3. The van der Waals surface area contributed by atoms with Gasteiger partial charge in [-0.2, -0.15) is 0 Å². The number of nitrogens with zero attached hydrogens (tertiary/aromatic N) is 2. The van der Waals surface area contributed by atoms with Crippen molar-refractivity contribution >= 4 is 17.1 Å². The first-order valence-corrected chi connectivity index (χ1v) is 6.82. The number of fused-ring (bicyclic) bond motifs is 1. The molecule has 0 aliphatic heterocycles. The van der Waals surface area contributed by atoms with Gasteiger partial charge in [0.2, 0.25) is 0 Å². The Morgan fingerprint density at radius 2 is 1.90 bits per heavy atom. The highest BCUT2D eigenvalue weighted by atomic mass is 16.5. The van der Waals surface area contributed by atoms with E-state index < -0.39 is 6.09 Å². The van der Waals surface area contributed by atoms with E-state index in [1.54, 1.807) is 6.92 Å². The van der Waals surface area contributed by atoms with Crippen molar-refractivity contribution in [3.05, 3.63) is 65.5 Å². The zero-order valence-electron chi connectivity index (χ0n) is 12.0. The van der Waals surface area contributed by atoms with Gasteiger partial charge < -0.3 is 4.74 Å². The molecule has 0 aliphatic rings. The lowest BCUT2D eigenvalue weighted by Gasteiger charge is -2.07. The summed E-state index contributed by atoms with van der Waals surface area (Å²) in [6.07, 6.45) is -0.400. The highest BCUT2D eigenvalue weighted by molar-refractivity contribution is 5.87. The number of imidazole rings is 1. The number of hydrogen-bond donors (Lipinski definition) is 0. The molecule has 0 amide bonds. The molecule has 0 atom stereocenters.